The highest BCUT2D eigenvalue weighted by molar-refractivity contribution is 9.10. The summed E-state index contributed by atoms with van der Waals surface area (Å²) < 4.78 is 0.990. The van der Waals surface area contributed by atoms with Crippen LogP contribution in [0.2, 0.25) is 0 Å². The number of carbonyl (C=O) groups is 1. The first-order valence-corrected chi connectivity index (χ1v) is 7.78. The molecule has 2 N–H and O–H groups in total. The Kier molecular flexibility index (Phi) is 4.45. The lowest BCUT2D eigenvalue weighted by molar-refractivity contribution is -0.147. The molecular weight excluding hydrogens is 316 g/mol. The Labute approximate surface area is 119 Å². The zero-order valence-electron chi connectivity index (χ0n) is 10.2. The van der Waals surface area contributed by atoms with E-state index in [9.17, 15) is 15.0 Å². The molecule has 1 aromatic heterocycles. The molecule has 100 valence electrons. The fourth-order valence-corrected chi connectivity index (χ4v) is 4.31. The predicted octanol–water partition coefficient (Wildman–Crippen LogP) is 3.74. The lowest BCUT2D eigenvalue weighted by Crippen LogP contribution is -2.31. The summed E-state index contributed by atoms with van der Waals surface area (Å²) in [6.45, 7) is 1.99. The highest BCUT2D eigenvalue weighted by atomic mass is 79.9. The zero-order chi connectivity index (χ0) is 13.3. The third kappa shape index (κ3) is 2.78. The number of aliphatic hydroxyl groups excluding tert-OH is 1. The van der Waals surface area contributed by atoms with E-state index in [1.807, 2.05) is 13.0 Å². The monoisotopic (exact) mass is 332 g/mol. The van der Waals surface area contributed by atoms with Crippen LogP contribution in [0, 0.1) is 18.8 Å². The van der Waals surface area contributed by atoms with Crippen molar-refractivity contribution < 1.29 is 15.0 Å². The molecule has 1 aromatic rings. The average molecular weight is 333 g/mol. The second kappa shape index (κ2) is 5.72. The van der Waals surface area contributed by atoms with Crippen molar-refractivity contribution in [3.05, 3.63) is 20.3 Å². The van der Waals surface area contributed by atoms with Gasteiger partial charge in [0.2, 0.25) is 0 Å². The smallest absolute Gasteiger partial charge is 0.306 e. The lowest BCUT2D eigenvalue weighted by atomic mass is 9.76. The Morgan fingerprint density at radius 3 is 2.72 bits per heavy atom. The molecule has 3 nitrogen and oxygen atoms in total. The van der Waals surface area contributed by atoms with Gasteiger partial charge in [-0.05, 0) is 41.8 Å². The number of aliphatic hydroxyl groups is 1. The highest BCUT2D eigenvalue weighted by Crippen LogP contribution is 2.42. The topological polar surface area (TPSA) is 57.5 Å². The number of aryl methyl sites for hydroxylation is 1. The standard InChI is InChI=1S/C13H17BrO3S/c1-7-10(14)6-11(18-7)12(15)8-4-2-3-5-9(8)13(16)17/h6,8-9,12,15H,2-5H2,1H3,(H,16,17). The summed E-state index contributed by atoms with van der Waals surface area (Å²) in [6.07, 6.45) is 2.79. The van der Waals surface area contributed by atoms with Gasteiger partial charge < -0.3 is 10.2 Å². The Bertz CT molecular complexity index is 424. The Balaban J connectivity index is 2.20. The Morgan fingerprint density at radius 2 is 2.17 bits per heavy atom. The molecule has 0 saturated heterocycles. The molecule has 1 aliphatic rings. The fourth-order valence-electron chi connectivity index (χ4n) is 2.68. The molecule has 2 rings (SSSR count). The van der Waals surface area contributed by atoms with Gasteiger partial charge in [-0.1, -0.05) is 12.8 Å². The van der Waals surface area contributed by atoms with E-state index in [0.29, 0.717) is 6.42 Å². The molecule has 0 bridgehead atoms. The van der Waals surface area contributed by atoms with Gasteiger partial charge >= 0.3 is 5.97 Å². The largest absolute Gasteiger partial charge is 0.481 e. The molecule has 1 fully saturated rings. The maximum Gasteiger partial charge on any atom is 0.306 e. The van der Waals surface area contributed by atoms with Crippen LogP contribution < -0.4 is 0 Å². The lowest BCUT2D eigenvalue weighted by Gasteiger charge is -2.31. The molecule has 18 heavy (non-hydrogen) atoms. The summed E-state index contributed by atoms with van der Waals surface area (Å²) in [4.78, 5) is 13.2. The molecule has 0 amide bonds. The summed E-state index contributed by atoms with van der Waals surface area (Å²) in [7, 11) is 0. The van der Waals surface area contributed by atoms with E-state index in [1.165, 1.54) is 0 Å². The Morgan fingerprint density at radius 1 is 1.50 bits per heavy atom. The molecule has 1 heterocycles. The van der Waals surface area contributed by atoms with Crippen LogP contribution in [-0.4, -0.2) is 16.2 Å². The number of aliphatic carboxylic acids is 1. The van der Waals surface area contributed by atoms with Crippen molar-refractivity contribution >= 4 is 33.2 Å². The van der Waals surface area contributed by atoms with Crippen molar-refractivity contribution in [3.63, 3.8) is 0 Å². The summed E-state index contributed by atoms with van der Waals surface area (Å²) in [5.41, 5.74) is 0. The van der Waals surface area contributed by atoms with E-state index in [2.05, 4.69) is 15.9 Å². The fraction of sp³-hybridized carbons (Fsp3) is 0.615. The van der Waals surface area contributed by atoms with Crippen molar-refractivity contribution in [3.8, 4) is 0 Å². The normalized spacial score (nSPS) is 25.9. The van der Waals surface area contributed by atoms with Gasteiger partial charge in [-0.3, -0.25) is 4.79 Å². The van der Waals surface area contributed by atoms with E-state index in [0.717, 1.165) is 33.5 Å². The van der Waals surface area contributed by atoms with Gasteiger partial charge in [0.25, 0.3) is 0 Å². The van der Waals surface area contributed by atoms with Crippen LogP contribution in [-0.2, 0) is 4.79 Å². The maximum atomic E-state index is 11.3. The van der Waals surface area contributed by atoms with Crippen molar-refractivity contribution in [2.24, 2.45) is 11.8 Å². The van der Waals surface area contributed by atoms with Crippen molar-refractivity contribution in [1.29, 1.82) is 0 Å². The molecule has 3 atom stereocenters. The third-order valence-corrected chi connectivity index (χ3v) is 5.92. The second-order valence-corrected chi connectivity index (χ2v) is 7.03. The molecular formula is C13H17BrO3S. The minimum absolute atomic E-state index is 0.152. The van der Waals surface area contributed by atoms with Gasteiger partial charge in [0.05, 0.1) is 12.0 Å². The number of hydrogen-bond donors (Lipinski definition) is 2. The van der Waals surface area contributed by atoms with Crippen LogP contribution in [0.4, 0.5) is 0 Å². The van der Waals surface area contributed by atoms with E-state index >= 15 is 0 Å². The highest BCUT2D eigenvalue weighted by Gasteiger charge is 2.36. The predicted molar refractivity (Wildman–Crippen MR) is 74.8 cm³/mol. The van der Waals surface area contributed by atoms with Crippen LogP contribution in [0.25, 0.3) is 0 Å². The van der Waals surface area contributed by atoms with E-state index in [-0.39, 0.29) is 5.92 Å². The number of carboxylic acids is 1. The summed E-state index contributed by atoms with van der Waals surface area (Å²) in [5, 5.41) is 19.7. The van der Waals surface area contributed by atoms with Gasteiger partial charge in [-0.2, -0.15) is 0 Å². The molecule has 0 aromatic carbocycles. The first kappa shape index (κ1) is 14.0. The molecule has 0 aliphatic heterocycles. The van der Waals surface area contributed by atoms with Crippen molar-refractivity contribution in [2.45, 2.75) is 38.7 Å². The molecule has 3 unspecified atom stereocenters. The summed E-state index contributed by atoms with van der Waals surface area (Å²) in [5.74, 6) is -1.33. The summed E-state index contributed by atoms with van der Waals surface area (Å²) >= 11 is 4.98. The minimum Gasteiger partial charge on any atom is -0.481 e. The third-order valence-electron chi connectivity index (χ3n) is 3.71. The van der Waals surface area contributed by atoms with E-state index < -0.39 is 18.0 Å². The zero-order valence-corrected chi connectivity index (χ0v) is 12.6. The molecule has 1 saturated carbocycles. The van der Waals surface area contributed by atoms with Gasteiger partial charge in [0.15, 0.2) is 0 Å². The van der Waals surface area contributed by atoms with Crippen LogP contribution >= 0.6 is 27.3 Å². The van der Waals surface area contributed by atoms with Gasteiger partial charge in [0, 0.05) is 20.1 Å². The average Bonchev–Trinajstić information content (AvgIpc) is 2.68. The second-order valence-electron chi connectivity index (χ2n) is 4.89. The van der Waals surface area contributed by atoms with Crippen LogP contribution in [0.15, 0.2) is 10.5 Å². The first-order valence-electron chi connectivity index (χ1n) is 6.17. The van der Waals surface area contributed by atoms with Crippen LogP contribution in [0.5, 0.6) is 0 Å². The van der Waals surface area contributed by atoms with E-state index in [1.54, 1.807) is 11.3 Å². The number of halogens is 1. The number of carboxylic acid groups (broad SMARTS) is 1. The SMILES string of the molecule is Cc1sc(C(O)C2CCCCC2C(=O)O)cc1Br. The quantitative estimate of drug-likeness (QED) is 0.886. The van der Waals surface area contributed by atoms with E-state index in [4.69, 9.17) is 0 Å². The van der Waals surface area contributed by atoms with Gasteiger partial charge in [-0.25, -0.2) is 0 Å². The molecule has 1 aliphatic carbocycles. The molecule has 5 heteroatoms. The van der Waals surface area contributed by atoms with Gasteiger partial charge in [-0.15, -0.1) is 11.3 Å². The molecule has 0 spiro atoms. The first-order chi connectivity index (χ1) is 8.50. The van der Waals surface area contributed by atoms with Crippen molar-refractivity contribution in [1.82, 2.24) is 0 Å². The number of rotatable bonds is 3. The number of hydrogen-bond acceptors (Lipinski definition) is 3. The maximum absolute atomic E-state index is 11.3. The van der Waals surface area contributed by atoms with Crippen LogP contribution in [0.3, 0.4) is 0 Å². The minimum atomic E-state index is -0.772. The van der Waals surface area contributed by atoms with Crippen LogP contribution in [0.1, 0.15) is 41.5 Å². The molecule has 0 radical (unpaired) electrons. The summed E-state index contributed by atoms with van der Waals surface area (Å²) in [6, 6.07) is 1.91. The Hall–Kier alpha value is -0.390. The van der Waals surface area contributed by atoms with Gasteiger partial charge in [0.1, 0.15) is 0 Å². The van der Waals surface area contributed by atoms with Crippen molar-refractivity contribution in [2.75, 3.05) is 0 Å². The number of thiophene rings is 1.